The maximum Gasteiger partial charge on any atom is 1.00 e. The smallest absolute Gasteiger partial charge is 0.550 e. The van der Waals surface area contributed by atoms with Crippen molar-refractivity contribution in [2.24, 2.45) is 73.4 Å². The summed E-state index contributed by atoms with van der Waals surface area (Å²) in [5.41, 5.74) is -0.652. The van der Waals surface area contributed by atoms with Crippen LogP contribution in [0.3, 0.4) is 0 Å². The number of piperidine rings is 1. The van der Waals surface area contributed by atoms with Gasteiger partial charge in [0.25, 0.3) is 0 Å². The zero-order valence-corrected chi connectivity index (χ0v) is 39.7. The molecule has 9 heteroatoms. The summed E-state index contributed by atoms with van der Waals surface area (Å²) in [4.78, 5) is 55.5. The van der Waals surface area contributed by atoms with Gasteiger partial charge < -0.3 is 24.9 Å². The van der Waals surface area contributed by atoms with Gasteiger partial charge in [0.15, 0.2) is 0 Å². The third-order valence-corrected chi connectivity index (χ3v) is 19.4. The van der Waals surface area contributed by atoms with Crippen LogP contribution in [0.4, 0.5) is 0 Å². The Bertz CT molecular complexity index is 1630. The third-order valence-electron chi connectivity index (χ3n) is 19.4. The molecule has 12 atom stereocenters. The van der Waals surface area contributed by atoms with Crippen LogP contribution in [0.15, 0.2) is 12.2 Å². The Labute approximate surface area is 366 Å². The zero-order valence-electron chi connectivity index (χ0n) is 37.7. The fourth-order valence-corrected chi connectivity index (χ4v) is 15.6. The summed E-state index contributed by atoms with van der Waals surface area (Å²) in [6.45, 7) is 28.3. The molecule has 6 aliphatic carbocycles. The number of esters is 1. The fourth-order valence-electron chi connectivity index (χ4n) is 15.6. The van der Waals surface area contributed by atoms with Gasteiger partial charge in [0.1, 0.15) is 6.10 Å². The van der Waals surface area contributed by atoms with Crippen molar-refractivity contribution in [1.29, 1.82) is 0 Å². The van der Waals surface area contributed by atoms with Gasteiger partial charge in [-0.2, -0.15) is 0 Å². The number of aliphatic carboxylic acids is 1. The number of carboxylic acid groups (broad SMARTS) is 1. The Morgan fingerprint density at radius 2 is 1.47 bits per heavy atom. The van der Waals surface area contributed by atoms with E-state index >= 15 is 4.79 Å². The summed E-state index contributed by atoms with van der Waals surface area (Å²) in [5.74, 6) is 0.790. The number of ether oxygens (including phenoxy) is 1. The fraction of sp³-hybridized carbons (Fsp3) is 0.875. The van der Waals surface area contributed by atoms with Gasteiger partial charge >= 0.3 is 35.5 Å². The molecule has 7 aliphatic rings. The van der Waals surface area contributed by atoms with E-state index in [1.165, 1.54) is 25.8 Å². The van der Waals surface area contributed by atoms with Crippen LogP contribution in [0, 0.1) is 73.4 Å². The number of hydrogen-bond acceptors (Lipinski definition) is 6. The van der Waals surface area contributed by atoms with Gasteiger partial charge in [0.05, 0.1) is 11.8 Å². The van der Waals surface area contributed by atoms with E-state index in [4.69, 9.17) is 4.74 Å². The van der Waals surface area contributed by atoms with Crippen LogP contribution in [0.5, 0.6) is 0 Å². The number of carbonyl (C=O) groups is 4. The maximum atomic E-state index is 15.0. The number of carbonyl (C=O) groups excluding carboxylic acids is 4. The number of rotatable bonds is 8. The first kappa shape index (κ1) is 45.2. The van der Waals surface area contributed by atoms with Gasteiger partial charge in [-0.1, -0.05) is 74.5 Å². The maximum absolute atomic E-state index is 15.0. The Hall–Kier alpha value is -1.38. The number of amides is 2. The van der Waals surface area contributed by atoms with Crippen LogP contribution in [-0.4, -0.2) is 53.9 Å². The number of fused-ring (bicyclic) bond motifs is 7. The molecule has 0 radical (unpaired) electrons. The number of likely N-dealkylation sites (tertiary alicyclic amines) is 1. The summed E-state index contributed by atoms with van der Waals surface area (Å²) in [6.07, 6.45) is 13.9. The number of allylic oxidation sites excluding steroid dienone is 1. The molecule has 4 unspecified atom stereocenters. The first-order valence-corrected chi connectivity index (χ1v) is 22.6. The molecule has 2 amide bonds. The van der Waals surface area contributed by atoms with E-state index in [2.05, 4.69) is 72.2 Å². The average molecular weight is 799 g/mol. The molecule has 57 heavy (non-hydrogen) atoms. The number of nitrogens with zero attached hydrogens (tertiary/aromatic N) is 1. The standard InChI is InChI=1S/C48H76N2O6.Na/c1-29(2)30-17-22-48(40(53)49-35-27-32(43(35,5)6)39(52)50-25-13-12-14-26-50)24-23-46(10)31(38(30)48)15-16-34-45(9)20-19-36(56-37(51)28-42(3,4)41(54)55)44(7,8)33(45)18-21-47(34,46)11;/h30-36,38H,1,12-28H2,2-11H3,(H,49,53)(H,54,55);/q;+1/p-1/t30-,31?,32+,33?,34?,35+,36-,38?,45-,46+,47+,48-;/m0./s1. The van der Waals surface area contributed by atoms with Crippen molar-refractivity contribution in [3.8, 4) is 0 Å². The number of nitrogens with one attached hydrogen (secondary N) is 1. The molecule has 1 N–H and O–H groups in total. The normalized spacial score (nSPS) is 43.0. The average Bonchev–Trinajstić information content (AvgIpc) is 3.53. The number of carboxylic acids is 1. The molecule has 0 aromatic carbocycles. The van der Waals surface area contributed by atoms with Crippen molar-refractivity contribution < 1.29 is 58.6 Å². The van der Waals surface area contributed by atoms with Gasteiger partial charge in [-0.15, -0.1) is 0 Å². The van der Waals surface area contributed by atoms with Crippen molar-refractivity contribution >= 4 is 23.8 Å². The van der Waals surface area contributed by atoms with Crippen LogP contribution in [0.2, 0.25) is 0 Å². The number of hydrogen-bond donors (Lipinski definition) is 1. The summed E-state index contributed by atoms with van der Waals surface area (Å²) < 4.78 is 6.17. The van der Waals surface area contributed by atoms with E-state index in [9.17, 15) is 19.5 Å². The van der Waals surface area contributed by atoms with Gasteiger partial charge in [0, 0.05) is 41.8 Å². The molecule has 0 aromatic heterocycles. The van der Waals surface area contributed by atoms with Crippen molar-refractivity contribution in [2.75, 3.05) is 13.1 Å². The molecule has 314 valence electrons. The van der Waals surface area contributed by atoms with Gasteiger partial charge in [-0.25, -0.2) is 0 Å². The van der Waals surface area contributed by atoms with E-state index in [1.54, 1.807) is 0 Å². The first-order valence-electron chi connectivity index (χ1n) is 22.6. The molecule has 8 nitrogen and oxygen atoms in total. The second-order valence-corrected chi connectivity index (χ2v) is 23.1. The predicted molar refractivity (Wildman–Crippen MR) is 217 cm³/mol. The Balaban J connectivity index is 0.00000549. The molecule has 6 saturated carbocycles. The minimum Gasteiger partial charge on any atom is -0.550 e. The molecule has 1 heterocycles. The van der Waals surface area contributed by atoms with Crippen LogP contribution < -0.4 is 40.0 Å². The molecule has 1 saturated heterocycles. The Morgan fingerprint density at radius 3 is 2.09 bits per heavy atom. The van der Waals surface area contributed by atoms with Crippen molar-refractivity contribution in [3.63, 3.8) is 0 Å². The summed E-state index contributed by atoms with van der Waals surface area (Å²) in [7, 11) is 0. The Morgan fingerprint density at radius 1 is 0.807 bits per heavy atom. The second-order valence-electron chi connectivity index (χ2n) is 23.1. The van der Waals surface area contributed by atoms with E-state index in [-0.39, 0.29) is 98.8 Å². The van der Waals surface area contributed by atoms with Crippen molar-refractivity contribution in [2.45, 2.75) is 178 Å². The minimum absolute atomic E-state index is 0. The van der Waals surface area contributed by atoms with Gasteiger partial charge in [-0.05, 0) is 148 Å². The molecular formula is C48H75N2NaO6. The molecule has 0 aromatic rings. The summed E-state index contributed by atoms with van der Waals surface area (Å²) in [5, 5.41) is 15.3. The molecular weight excluding hydrogens is 724 g/mol. The molecule has 7 fully saturated rings. The quantitative estimate of drug-likeness (QED) is 0.204. The zero-order chi connectivity index (χ0) is 41.0. The van der Waals surface area contributed by atoms with E-state index in [0.717, 1.165) is 96.6 Å². The van der Waals surface area contributed by atoms with Gasteiger partial charge in [0.2, 0.25) is 11.8 Å². The van der Waals surface area contributed by atoms with Crippen LogP contribution in [-0.2, 0) is 23.9 Å². The topological polar surface area (TPSA) is 116 Å². The van der Waals surface area contributed by atoms with E-state index in [0.29, 0.717) is 23.7 Å². The first-order chi connectivity index (χ1) is 26.0. The second kappa shape index (κ2) is 15.2. The summed E-state index contributed by atoms with van der Waals surface area (Å²) in [6, 6.07) is 0.0165. The molecule has 0 bridgehead atoms. The van der Waals surface area contributed by atoms with Crippen LogP contribution >= 0.6 is 0 Å². The van der Waals surface area contributed by atoms with Crippen molar-refractivity contribution in [1.82, 2.24) is 10.2 Å². The van der Waals surface area contributed by atoms with Crippen molar-refractivity contribution in [3.05, 3.63) is 12.2 Å². The molecule has 0 spiro atoms. The van der Waals surface area contributed by atoms with Crippen LogP contribution in [0.25, 0.3) is 0 Å². The third kappa shape index (κ3) is 6.85. The Kier molecular flexibility index (Phi) is 12.0. The molecule has 7 rings (SSSR count). The minimum atomic E-state index is -1.27. The van der Waals surface area contributed by atoms with E-state index < -0.39 is 22.8 Å². The van der Waals surface area contributed by atoms with Crippen LogP contribution in [0.1, 0.15) is 166 Å². The monoisotopic (exact) mass is 799 g/mol. The molecule has 1 aliphatic heterocycles. The largest absolute Gasteiger partial charge is 1.00 e. The summed E-state index contributed by atoms with van der Waals surface area (Å²) >= 11 is 0. The predicted octanol–water partition coefficient (Wildman–Crippen LogP) is 5.27. The SMILES string of the molecule is C=C(C)[C@@H]1CC[C@]2(C(=O)N[C@@H]3C[C@H](C(=O)N4CCCCC4)C3(C)C)CC[C@]3(C)C(CCC4[C@@]5(C)CC[C@H](OC(=O)CC(C)(C)C(=O)[O-])C(C)(C)C5CC[C@]43C)C12.[Na+]. The van der Waals surface area contributed by atoms with E-state index in [1.807, 2.05) is 0 Å². The van der Waals surface area contributed by atoms with Gasteiger partial charge in [-0.3, -0.25) is 14.4 Å².